The van der Waals surface area contributed by atoms with E-state index in [4.69, 9.17) is 11.5 Å². The SMILES string of the molecule is CN1C(=O)C(N)(C(=O)[C@@H](N)c2ccccc2)CN(c2ccccc2)c2ccccc21. The standard InChI is InChI=1S/C24H24N4O2/c1-27-19-14-8-9-15-20(19)28(18-12-6-3-7-13-18)16-24(26,23(27)30)22(29)21(25)17-10-4-2-5-11-17/h2-15,21H,16,25-26H2,1H3/t21-,24?/m0/s1. The fourth-order valence-electron chi connectivity index (χ4n) is 3.90. The molecular weight excluding hydrogens is 376 g/mol. The van der Waals surface area contributed by atoms with E-state index in [1.807, 2.05) is 65.6 Å². The zero-order valence-electron chi connectivity index (χ0n) is 16.7. The molecule has 2 atom stereocenters. The zero-order chi connectivity index (χ0) is 21.3. The van der Waals surface area contributed by atoms with Crippen LogP contribution in [0.4, 0.5) is 17.1 Å². The highest BCUT2D eigenvalue weighted by Crippen LogP contribution is 2.39. The van der Waals surface area contributed by atoms with Crippen molar-refractivity contribution in [1.82, 2.24) is 0 Å². The zero-order valence-corrected chi connectivity index (χ0v) is 16.7. The minimum absolute atomic E-state index is 0.0173. The predicted molar refractivity (Wildman–Crippen MR) is 119 cm³/mol. The molecule has 6 nitrogen and oxygen atoms in total. The molecule has 0 saturated heterocycles. The lowest BCUT2D eigenvalue weighted by molar-refractivity contribution is -0.134. The molecule has 152 valence electrons. The fourth-order valence-corrected chi connectivity index (χ4v) is 3.90. The Labute approximate surface area is 175 Å². The third-order valence-electron chi connectivity index (χ3n) is 5.58. The molecule has 0 aromatic heterocycles. The summed E-state index contributed by atoms with van der Waals surface area (Å²) in [7, 11) is 1.64. The van der Waals surface area contributed by atoms with Crippen molar-refractivity contribution in [3.05, 3.63) is 90.5 Å². The number of carbonyl (C=O) groups is 2. The summed E-state index contributed by atoms with van der Waals surface area (Å²) in [6.07, 6.45) is 0. The molecule has 1 aliphatic heterocycles. The van der Waals surface area contributed by atoms with Gasteiger partial charge in [0.2, 0.25) is 0 Å². The molecule has 3 aromatic rings. The first-order valence-electron chi connectivity index (χ1n) is 9.77. The molecule has 0 fully saturated rings. The van der Waals surface area contributed by atoms with Gasteiger partial charge in [-0.05, 0) is 29.8 Å². The molecule has 0 spiro atoms. The number of fused-ring (bicyclic) bond motifs is 1. The van der Waals surface area contributed by atoms with Crippen LogP contribution >= 0.6 is 0 Å². The summed E-state index contributed by atoms with van der Waals surface area (Å²) in [5.41, 5.74) is 14.0. The summed E-state index contributed by atoms with van der Waals surface area (Å²) in [4.78, 5) is 30.4. The van der Waals surface area contributed by atoms with Crippen molar-refractivity contribution >= 4 is 28.8 Å². The second-order valence-corrected chi connectivity index (χ2v) is 7.50. The Bertz CT molecular complexity index is 1070. The van der Waals surface area contributed by atoms with Crippen LogP contribution in [-0.4, -0.2) is 30.8 Å². The number of carbonyl (C=O) groups excluding carboxylic acids is 2. The molecule has 0 bridgehead atoms. The summed E-state index contributed by atoms with van der Waals surface area (Å²) in [5, 5.41) is 0. The van der Waals surface area contributed by atoms with E-state index < -0.39 is 23.3 Å². The van der Waals surface area contributed by atoms with Crippen LogP contribution in [-0.2, 0) is 9.59 Å². The Morgan fingerprint density at radius 3 is 2.07 bits per heavy atom. The third kappa shape index (κ3) is 3.26. The number of para-hydroxylation sites is 3. The van der Waals surface area contributed by atoms with Crippen LogP contribution in [0.15, 0.2) is 84.9 Å². The molecule has 1 aliphatic rings. The van der Waals surface area contributed by atoms with Crippen molar-refractivity contribution in [2.75, 3.05) is 23.4 Å². The third-order valence-corrected chi connectivity index (χ3v) is 5.58. The number of anilines is 3. The number of amides is 1. The van der Waals surface area contributed by atoms with Gasteiger partial charge in [-0.15, -0.1) is 0 Å². The van der Waals surface area contributed by atoms with Crippen LogP contribution in [0.2, 0.25) is 0 Å². The number of nitrogens with zero attached hydrogens (tertiary/aromatic N) is 2. The molecule has 1 unspecified atom stereocenters. The highest BCUT2D eigenvalue weighted by molar-refractivity contribution is 6.20. The minimum Gasteiger partial charge on any atom is -0.337 e. The summed E-state index contributed by atoms with van der Waals surface area (Å²) in [5.74, 6) is -0.996. The number of benzene rings is 3. The smallest absolute Gasteiger partial charge is 0.256 e. The Morgan fingerprint density at radius 1 is 0.900 bits per heavy atom. The van der Waals surface area contributed by atoms with E-state index in [2.05, 4.69) is 0 Å². The number of nitrogens with two attached hydrogens (primary N) is 2. The Morgan fingerprint density at radius 2 is 1.43 bits per heavy atom. The molecular formula is C24H24N4O2. The summed E-state index contributed by atoms with van der Waals surface area (Å²) in [6, 6.07) is 25.1. The molecule has 6 heteroatoms. The largest absolute Gasteiger partial charge is 0.337 e. The summed E-state index contributed by atoms with van der Waals surface area (Å²) in [6.45, 7) is -0.0173. The van der Waals surface area contributed by atoms with Crippen LogP contribution in [0.5, 0.6) is 0 Å². The van der Waals surface area contributed by atoms with E-state index >= 15 is 0 Å². The summed E-state index contributed by atoms with van der Waals surface area (Å²) >= 11 is 0. The first-order chi connectivity index (χ1) is 14.4. The molecule has 0 radical (unpaired) electrons. The van der Waals surface area contributed by atoms with Crippen molar-refractivity contribution in [2.45, 2.75) is 11.6 Å². The van der Waals surface area contributed by atoms with Gasteiger partial charge < -0.3 is 21.3 Å². The molecule has 4 rings (SSSR count). The van der Waals surface area contributed by atoms with Gasteiger partial charge >= 0.3 is 0 Å². The lowest BCUT2D eigenvalue weighted by atomic mass is 9.85. The van der Waals surface area contributed by atoms with Gasteiger partial charge in [-0.3, -0.25) is 9.59 Å². The average molecular weight is 400 g/mol. The van der Waals surface area contributed by atoms with Gasteiger partial charge in [-0.2, -0.15) is 0 Å². The number of hydrogen-bond donors (Lipinski definition) is 2. The topological polar surface area (TPSA) is 92.7 Å². The van der Waals surface area contributed by atoms with Crippen LogP contribution < -0.4 is 21.3 Å². The quantitative estimate of drug-likeness (QED) is 0.657. The molecule has 4 N–H and O–H groups in total. The van der Waals surface area contributed by atoms with E-state index in [0.29, 0.717) is 11.3 Å². The number of rotatable bonds is 4. The van der Waals surface area contributed by atoms with Gasteiger partial charge in [0.1, 0.15) is 0 Å². The monoisotopic (exact) mass is 400 g/mol. The first kappa shape index (κ1) is 19.8. The molecule has 1 amide bonds. The molecule has 30 heavy (non-hydrogen) atoms. The Hall–Kier alpha value is -3.48. The van der Waals surface area contributed by atoms with Crippen molar-refractivity contribution in [1.29, 1.82) is 0 Å². The van der Waals surface area contributed by atoms with Gasteiger partial charge in [0.05, 0.1) is 24.0 Å². The van der Waals surface area contributed by atoms with Crippen molar-refractivity contribution < 1.29 is 9.59 Å². The molecule has 1 heterocycles. The first-order valence-corrected chi connectivity index (χ1v) is 9.77. The maximum atomic E-state index is 13.5. The van der Waals surface area contributed by atoms with Gasteiger partial charge in [-0.25, -0.2) is 0 Å². The lowest BCUT2D eigenvalue weighted by Gasteiger charge is -2.33. The highest BCUT2D eigenvalue weighted by atomic mass is 16.2. The van der Waals surface area contributed by atoms with Gasteiger partial charge in [0.25, 0.3) is 5.91 Å². The van der Waals surface area contributed by atoms with E-state index in [-0.39, 0.29) is 6.54 Å². The predicted octanol–water partition coefficient (Wildman–Crippen LogP) is 2.77. The van der Waals surface area contributed by atoms with Crippen molar-refractivity contribution in [3.8, 4) is 0 Å². The van der Waals surface area contributed by atoms with Gasteiger partial charge in [0.15, 0.2) is 11.3 Å². The van der Waals surface area contributed by atoms with Gasteiger partial charge in [0, 0.05) is 12.7 Å². The lowest BCUT2D eigenvalue weighted by Crippen LogP contribution is -2.65. The number of hydrogen-bond acceptors (Lipinski definition) is 5. The van der Waals surface area contributed by atoms with E-state index in [9.17, 15) is 9.59 Å². The average Bonchev–Trinajstić information content (AvgIpc) is 2.89. The number of likely N-dealkylation sites (N-methyl/N-ethyl adjacent to an activating group) is 1. The van der Waals surface area contributed by atoms with Crippen molar-refractivity contribution in [3.63, 3.8) is 0 Å². The highest BCUT2D eigenvalue weighted by Gasteiger charge is 2.50. The van der Waals surface area contributed by atoms with Crippen LogP contribution in [0, 0.1) is 0 Å². The second kappa shape index (κ2) is 7.74. The molecule has 3 aromatic carbocycles. The van der Waals surface area contributed by atoms with Crippen LogP contribution in [0.25, 0.3) is 0 Å². The number of ketones is 1. The number of Topliss-reactive ketones (excluding diaryl/α,β-unsaturated/α-hetero) is 1. The summed E-state index contributed by atoms with van der Waals surface area (Å²) < 4.78 is 0. The normalized spacial score (nSPS) is 19.8. The second-order valence-electron chi connectivity index (χ2n) is 7.50. The fraction of sp³-hybridized carbons (Fsp3) is 0.167. The van der Waals surface area contributed by atoms with Crippen molar-refractivity contribution in [2.24, 2.45) is 11.5 Å². The van der Waals surface area contributed by atoms with E-state index in [1.165, 1.54) is 4.90 Å². The molecule has 0 saturated carbocycles. The van der Waals surface area contributed by atoms with Crippen LogP contribution in [0.3, 0.4) is 0 Å². The minimum atomic E-state index is -1.82. The van der Waals surface area contributed by atoms with E-state index in [0.717, 1.165) is 11.4 Å². The molecule has 0 aliphatic carbocycles. The maximum absolute atomic E-state index is 13.5. The van der Waals surface area contributed by atoms with Crippen LogP contribution in [0.1, 0.15) is 11.6 Å². The van der Waals surface area contributed by atoms with Gasteiger partial charge in [-0.1, -0.05) is 60.7 Å². The Balaban J connectivity index is 1.83. The maximum Gasteiger partial charge on any atom is 0.256 e. The Kier molecular flexibility index (Phi) is 5.11. The van der Waals surface area contributed by atoms with E-state index in [1.54, 1.807) is 31.3 Å².